The van der Waals surface area contributed by atoms with E-state index in [0.717, 1.165) is 11.3 Å². The van der Waals surface area contributed by atoms with Crippen molar-refractivity contribution in [3.8, 4) is 0 Å². The lowest BCUT2D eigenvalue weighted by Gasteiger charge is -2.19. The van der Waals surface area contributed by atoms with Crippen molar-refractivity contribution in [1.82, 2.24) is 4.72 Å². The van der Waals surface area contributed by atoms with Crippen LogP contribution in [0.3, 0.4) is 0 Å². The average Bonchev–Trinajstić information content (AvgIpc) is 2.50. The molecular weight excluding hydrogens is 318 g/mol. The number of sulfonamides is 1. The monoisotopic (exact) mass is 327 g/mol. The van der Waals surface area contributed by atoms with Crippen LogP contribution in [0.5, 0.6) is 0 Å². The summed E-state index contributed by atoms with van der Waals surface area (Å²) in [5, 5.41) is 8.82. The van der Waals surface area contributed by atoms with E-state index in [1.165, 1.54) is 19.9 Å². The Morgan fingerprint density at radius 2 is 2.06 bits per heavy atom. The maximum absolute atomic E-state index is 11.8. The van der Waals surface area contributed by atoms with Crippen LogP contribution in [0.2, 0.25) is 0 Å². The Kier molecular flexibility index (Phi) is 3.78. The van der Waals surface area contributed by atoms with E-state index in [4.69, 9.17) is 5.11 Å². The molecule has 0 aliphatic rings. The SMILES string of the molecule is CC(C)(NS(=O)(=O)c1ccc(Br)s1)C(=O)O. The van der Waals surface area contributed by atoms with Crippen LogP contribution >= 0.6 is 27.3 Å². The van der Waals surface area contributed by atoms with Gasteiger partial charge in [-0.3, -0.25) is 4.79 Å². The molecule has 1 rings (SSSR count). The third kappa shape index (κ3) is 3.03. The minimum Gasteiger partial charge on any atom is -0.480 e. The van der Waals surface area contributed by atoms with Crippen LogP contribution in [0.25, 0.3) is 0 Å². The first kappa shape index (κ1) is 13.6. The van der Waals surface area contributed by atoms with E-state index in [1.54, 1.807) is 6.07 Å². The number of rotatable bonds is 4. The Morgan fingerprint density at radius 3 is 2.44 bits per heavy atom. The number of thiophene rings is 1. The van der Waals surface area contributed by atoms with E-state index < -0.39 is 21.5 Å². The number of carbonyl (C=O) groups is 1. The second-order valence-electron chi connectivity index (χ2n) is 3.59. The standard InChI is InChI=1S/C8H10BrNO4S2/c1-8(2,7(11)12)10-16(13,14)6-4-3-5(9)15-6/h3-4,10H,1-2H3,(H,11,12). The first-order valence-electron chi connectivity index (χ1n) is 4.18. The van der Waals surface area contributed by atoms with Gasteiger partial charge in [0.25, 0.3) is 10.0 Å². The van der Waals surface area contributed by atoms with Gasteiger partial charge in [0.15, 0.2) is 0 Å². The number of halogens is 1. The fraction of sp³-hybridized carbons (Fsp3) is 0.375. The first-order chi connectivity index (χ1) is 7.15. The lowest BCUT2D eigenvalue weighted by Crippen LogP contribution is -2.49. The number of hydrogen-bond acceptors (Lipinski definition) is 4. The van der Waals surface area contributed by atoms with Crippen LogP contribution in [-0.2, 0) is 14.8 Å². The molecule has 2 N–H and O–H groups in total. The van der Waals surface area contributed by atoms with Crippen molar-refractivity contribution in [3.63, 3.8) is 0 Å². The summed E-state index contributed by atoms with van der Waals surface area (Å²) in [6, 6.07) is 3.00. The predicted molar refractivity (Wildman–Crippen MR) is 64.1 cm³/mol. The van der Waals surface area contributed by atoms with Crippen LogP contribution in [0.1, 0.15) is 13.8 Å². The number of hydrogen-bond donors (Lipinski definition) is 2. The molecule has 0 aliphatic heterocycles. The smallest absolute Gasteiger partial charge is 0.324 e. The maximum atomic E-state index is 11.8. The molecule has 8 heteroatoms. The summed E-state index contributed by atoms with van der Waals surface area (Å²) >= 11 is 4.16. The quantitative estimate of drug-likeness (QED) is 0.880. The average molecular weight is 328 g/mol. The highest BCUT2D eigenvalue weighted by Gasteiger charge is 2.33. The molecule has 0 saturated carbocycles. The summed E-state index contributed by atoms with van der Waals surface area (Å²) in [6.45, 7) is 2.57. The van der Waals surface area contributed by atoms with Gasteiger partial charge < -0.3 is 5.11 Å². The van der Waals surface area contributed by atoms with Crippen LogP contribution in [-0.4, -0.2) is 25.0 Å². The van der Waals surface area contributed by atoms with Crippen molar-refractivity contribution in [2.45, 2.75) is 23.6 Å². The fourth-order valence-corrected chi connectivity index (χ4v) is 4.25. The molecule has 90 valence electrons. The Hall–Kier alpha value is -0.440. The third-order valence-corrected chi connectivity index (χ3v) is 5.51. The van der Waals surface area contributed by atoms with E-state index in [-0.39, 0.29) is 4.21 Å². The number of nitrogens with one attached hydrogen (secondary N) is 1. The van der Waals surface area contributed by atoms with Crippen LogP contribution < -0.4 is 4.72 Å². The van der Waals surface area contributed by atoms with Gasteiger partial charge in [-0.15, -0.1) is 11.3 Å². The third-order valence-electron chi connectivity index (χ3n) is 1.74. The second-order valence-corrected chi connectivity index (χ2v) is 7.97. The summed E-state index contributed by atoms with van der Waals surface area (Å²) in [6.07, 6.45) is 0. The molecule has 1 heterocycles. The van der Waals surface area contributed by atoms with Crippen LogP contribution in [0, 0.1) is 0 Å². The molecule has 0 saturated heterocycles. The van der Waals surface area contributed by atoms with Gasteiger partial charge in [-0.25, -0.2) is 8.42 Å². The van der Waals surface area contributed by atoms with Crippen molar-refractivity contribution in [2.24, 2.45) is 0 Å². The van der Waals surface area contributed by atoms with Gasteiger partial charge in [-0.05, 0) is 41.9 Å². The zero-order valence-corrected chi connectivity index (χ0v) is 11.7. The minimum atomic E-state index is -3.78. The summed E-state index contributed by atoms with van der Waals surface area (Å²) in [5.74, 6) is -1.23. The molecule has 16 heavy (non-hydrogen) atoms. The molecule has 0 bridgehead atoms. The molecule has 0 unspecified atom stereocenters. The van der Waals surface area contributed by atoms with Gasteiger partial charge in [0.05, 0.1) is 3.79 Å². The molecule has 0 spiro atoms. The highest BCUT2D eigenvalue weighted by molar-refractivity contribution is 9.11. The van der Waals surface area contributed by atoms with Crippen LogP contribution in [0.15, 0.2) is 20.1 Å². The topological polar surface area (TPSA) is 83.5 Å². The molecule has 0 aliphatic carbocycles. The highest BCUT2D eigenvalue weighted by atomic mass is 79.9. The molecule has 5 nitrogen and oxygen atoms in total. The highest BCUT2D eigenvalue weighted by Crippen LogP contribution is 2.26. The van der Waals surface area contributed by atoms with Gasteiger partial charge in [0.1, 0.15) is 9.75 Å². The number of aliphatic carboxylic acids is 1. The van der Waals surface area contributed by atoms with Crippen molar-refractivity contribution in [1.29, 1.82) is 0 Å². The molecular formula is C8H10BrNO4S2. The lowest BCUT2D eigenvalue weighted by molar-refractivity contribution is -0.142. The normalized spacial score (nSPS) is 12.7. The van der Waals surface area contributed by atoms with E-state index >= 15 is 0 Å². The van der Waals surface area contributed by atoms with Crippen LogP contribution in [0.4, 0.5) is 0 Å². The van der Waals surface area contributed by atoms with Crippen molar-refractivity contribution in [3.05, 3.63) is 15.9 Å². The molecule has 0 fully saturated rings. The molecule has 1 aromatic heterocycles. The summed E-state index contributed by atoms with van der Waals surface area (Å²) < 4.78 is 26.4. The van der Waals surface area contributed by atoms with E-state index in [9.17, 15) is 13.2 Å². The Bertz CT molecular complexity index is 506. The minimum absolute atomic E-state index is 0.0775. The van der Waals surface area contributed by atoms with E-state index in [1.807, 2.05) is 0 Å². The molecule has 0 amide bonds. The Morgan fingerprint density at radius 1 is 1.50 bits per heavy atom. The summed E-state index contributed by atoms with van der Waals surface area (Å²) in [4.78, 5) is 10.8. The molecule has 0 radical (unpaired) electrons. The Balaban J connectivity index is 3.02. The number of carboxylic acids is 1. The van der Waals surface area contributed by atoms with E-state index in [2.05, 4.69) is 20.7 Å². The predicted octanol–water partition coefficient (Wildman–Crippen LogP) is 1.65. The van der Waals surface area contributed by atoms with Gasteiger partial charge >= 0.3 is 5.97 Å². The maximum Gasteiger partial charge on any atom is 0.324 e. The van der Waals surface area contributed by atoms with Gasteiger partial charge in [0.2, 0.25) is 0 Å². The fourth-order valence-electron chi connectivity index (χ4n) is 0.872. The van der Waals surface area contributed by atoms with Crippen molar-refractivity contribution >= 4 is 43.3 Å². The van der Waals surface area contributed by atoms with Gasteiger partial charge in [-0.2, -0.15) is 4.72 Å². The number of carboxylic acid groups (broad SMARTS) is 1. The molecule has 0 aromatic carbocycles. The summed E-state index contributed by atoms with van der Waals surface area (Å²) in [7, 11) is -3.78. The molecule has 0 atom stereocenters. The zero-order valence-electron chi connectivity index (χ0n) is 8.52. The lowest BCUT2D eigenvalue weighted by atomic mass is 10.1. The zero-order chi connectivity index (χ0) is 12.6. The van der Waals surface area contributed by atoms with Gasteiger partial charge in [-0.1, -0.05) is 0 Å². The molecule has 1 aromatic rings. The van der Waals surface area contributed by atoms with Crippen molar-refractivity contribution in [2.75, 3.05) is 0 Å². The van der Waals surface area contributed by atoms with Crippen molar-refractivity contribution < 1.29 is 18.3 Å². The van der Waals surface area contributed by atoms with Gasteiger partial charge in [0, 0.05) is 0 Å². The Labute approximate surface area is 106 Å². The first-order valence-corrected chi connectivity index (χ1v) is 7.27. The van der Waals surface area contributed by atoms with E-state index in [0.29, 0.717) is 3.79 Å². The largest absolute Gasteiger partial charge is 0.480 e. The second kappa shape index (κ2) is 4.44. The summed E-state index contributed by atoms with van der Waals surface area (Å²) in [5.41, 5.74) is -1.53.